The third-order valence-corrected chi connectivity index (χ3v) is 3.74. The number of benzene rings is 2. The van der Waals surface area contributed by atoms with Crippen molar-refractivity contribution in [3.63, 3.8) is 0 Å². The van der Waals surface area contributed by atoms with Gasteiger partial charge < -0.3 is 10.1 Å². The largest absolute Gasteiger partial charge is 0.494 e. The third-order valence-electron chi connectivity index (χ3n) is 3.12. The lowest BCUT2D eigenvalue weighted by molar-refractivity contribution is 0.288. The van der Waals surface area contributed by atoms with Gasteiger partial charge in [-0.1, -0.05) is 30.3 Å². The van der Waals surface area contributed by atoms with Crippen molar-refractivity contribution in [2.75, 3.05) is 13.7 Å². The zero-order valence-corrected chi connectivity index (χ0v) is 12.9. The highest BCUT2D eigenvalue weighted by Gasteiger charge is 2.15. The minimum atomic E-state index is -0.216. The lowest BCUT2D eigenvalue weighted by Gasteiger charge is -2.18. The lowest BCUT2D eigenvalue weighted by Crippen LogP contribution is -2.20. The van der Waals surface area contributed by atoms with E-state index in [9.17, 15) is 4.39 Å². The molecule has 106 valence electrons. The Morgan fingerprint density at radius 2 is 1.90 bits per heavy atom. The minimum absolute atomic E-state index is 0.0730. The highest BCUT2D eigenvalue weighted by atomic mass is 79.9. The Morgan fingerprint density at radius 1 is 1.15 bits per heavy atom. The van der Waals surface area contributed by atoms with Crippen molar-refractivity contribution in [3.8, 4) is 5.75 Å². The molecule has 0 bridgehead atoms. The molecule has 0 fully saturated rings. The number of hydrogen-bond donors (Lipinski definition) is 1. The van der Waals surface area contributed by atoms with E-state index in [0.717, 1.165) is 5.75 Å². The Bertz CT molecular complexity index is 547. The summed E-state index contributed by atoms with van der Waals surface area (Å²) >= 11 is 3.21. The van der Waals surface area contributed by atoms with E-state index < -0.39 is 0 Å². The van der Waals surface area contributed by atoms with Crippen LogP contribution >= 0.6 is 15.9 Å². The fourth-order valence-electron chi connectivity index (χ4n) is 2.06. The van der Waals surface area contributed by atoms with Crippen molar-refractivity contribution < 1.29 is 9.13 Å². The molecule has 0 saturated heterocycles. The van der Waals surface area contributed by atoms with Crippen LogP contribution in [0.5, 0.6) is 5.75 Å². The molecule has 0 amide bonds. The van der Waals surface area contributed by atoms with E-state index >= 15 is 0 Å². The fraction of sp³-hybridized carbons (Fsp3) is 0.250. The van der Waals surface area contributed by atoms with Crippen LogP contribution in [0.25, 0.3) is 0 Å². The van der Waals surface area contributed by atoms with Crippen LogP contribution in [0.4, 0.5) is 4.39 Å². The molecule has 0 aliphatic rings. The van der Waals surface area contributed by atoms with E-state index in [-0.39, 0.29) is 11.9 Å². The molecule has 20 heavy (non-hydrogen) atoms. The summed E-state index contributed by atoms with van der Waals surface area (Å²) in [6.45, 7) is 0.529. The van der Waals surface area contributed by atoms with Crippen LogP contribution in [0.2, 0.25) is 0 Å². The zero-order valence-electron chi connectivity index (χ0n) is 11.3. The zero-order chi connectivity index (χ0) is 14.4. The van der Waals surface area contributed by atoms with Crippen molar-refractivity contribution in [2.24, 2.45) is 0 Å². The molecule has 1 unspecified atom stereocenters. The molecule has 1 atom stereocenters. The van der Waals surface area contributed by atoms with Gasteiger partial charge in [0.25, 0.3) is 0 Å². The van der Waals surface area contributed by atoms with Crippen LogP contribution in [0, 0.1) is 5.82 Å². The van der Waals surface area contributed by atoms with Crippen molar-refractivity contribution in [1.29, 1.82) is 0 Å². The van der Waals surface area contributed by atoms with Gasteiger partial charge in [0.15, 0.2) is 0 Å². The minimum Gasteiger partial charge on any atom is -0.494 e. The Labute approximate surface area is 127 Å². The quantitative estimate of drug-likeness (QED) is 0.847. The van der Waals surface area contributed by atoms with Crippen LogP contribution < -0.4 is 10.1 Å². The summed E-state index contributed by atoms with van der Waals surface area (Å²) in [5.74, 6) is 0.614. The van der Waals surface area contributed by atoms with Crippen LogP contribution in [-0.4, -0.2) is 13.7 Å². The molecule has 0 heterocycles. The number of rotatable bonds is 6. The fourth-order valence-corrected chi connectivity index (χ4v) is 2.44. The van der Waals surface area contributed by atoms with E-state index in [1.165, 1.54) is 0 Å². The molecule has 2 nitrogen and oxygen atoms in total. The molecule has 0 aliphatic carbocycles. The Balaban J connectivity index is 1.97. The average molecular weight is 338 g/mol. The molecular weight excluding hydrogens is 321 g/mol. The summed E-state index contributed by atoms with van der Waals surface area (Å²) in [5.41, 5.74) is 0.651. The van der Waals surface area contributed by atoms with E-state index in [1.54, 1.807) is 12.1 Å². The molecule has 1 N–H and O–H groups in total. The number of halogens is 2. The summed E-state index contributed by atoms with van der Waals surface area (Å²) in [5, 5.41) is 3.13. The first-order chi connectivity index (χ1) is 9.72. The highest BCUT2D eigenvalue weighted by molar-refractivity contribution is 9.10. The van der Waals surface area contributed by atoms with E-state index in [2.05, 4.69) is 21.2 Å². The molecule has 0 radical (unpaired) electrons. The first-order valence-electron chi connectivity index (χ1n) is 6.51. The van der Waals surface area contributed by atoms with Crippen LogP contribution in [0.1, 0.15) is 18.0 Å². The van der Waals surface area contributed by atoms with Crippen molar-refractivity contribution >= 4 is 15.9 Å². The predicted molar refractivity (Wildman–Crippen MR) is 82.5 cm³/mol. The third kappa shape index (κ3) is 3.81. The molecule has 2 rings (SSSR count). The van der Waals surface area contributed by atoms with Crippen molar-refractivity contribution in [2.45, 2.75) is 12.5 Å². The summed E-state index contributed by atoms with van der Waals surface area (Å²) in [4.78, 5) is 0. The molecule has 2 aromatic carbocycles. The van der Waals surface area contributed by atoms with Gasteiger partial charge in [-0.2, -0.15) is 0 Å². The lowest BCUT2D eigenvalue weighted by atomic mass is 10.0. The van der Waals surface area contributed by atoms with Gasteiger partial charge in [0.05, 0.1) is 11.1 Å². The van der Waals surface area contributed by atoms with E-state index in [1.807, 2.05) is 43.4 Å². The molecule has 0 spiro atoms. The van der Waals surface area contributed by atoms with Gasteiger partial charge in [0, 0.05) is 18.0 Å². The Kier molecular flexibility index (Phi) is 5.56. The highest BCUT2D eigenvalue weighted by Crippen LogP contribution is 2.25. The second kappa shape index (κ2) is 7.41. The molecule has 2 aromatic rings. The van der Waals surface area contributed by atoms with Crippen LogP contribution in [0.3, 0.4) is 0 Å². The number of hydrogen-bond acceptors (Lipinski definition) is 2. The van der Waals surface area contributed by atoms with E-state index in [0.29, 0.717) is 23.1 Å². The van der Waals surface area contributed by atoms with Gasteiger partial charge in [-0.25, -0.2) is 4.39 Å². The van der Waals surface area contributed by atoms with Gasteiger partial charge in [0.2, 0.25) is 0 Å². The molecule has 4 heteroatoms. The number of nitrogens with one attached hydrogen (secondary N) is 1. The summed E-state index contributed by atoms with van der Waals surface area (Å²) in [6, 6.07) is 14.9. The van der Waals surface area contributed by atoms with E-state index in [4.69, 9.17) is 4.74 Å². The number of para-hydroxylation sites is 1. The van der Waals surface area contributed by atoms with Gasteiger partial charge in [0.1, 0.15) is 11.6 Å². The average Bonchev–Trinajstić information content (AvgIpc) is 2.48. The normalized spacial score (nSPS) is 12.2. The predicted octanol–water partition coefficient (Wildman–Crippen LogP) is 4.32. The van der Waals surface area contributed by atoms with Crippen molar-refractivity contribution in [3.05, 3.63) is 64.4 Å². The maximum Gasteiger partial charge on any atom is 0.142 e. The summed E-state index contributed by atoms with van der Waals surface area (Å²) in [6.07, 6.45) is 0.693. The SMILES string of the molecule is CNC(CCOc1ccccc1)c1cccc(Br)c1F. The topological polar surface area (TPSA) is 21.3 Å². The van der Waals surface area contributed by atoms with Crippen LogP contribution in [-0.2, 0) is 0 Å². The van der Waals surface area contributed by atoms with Gasteiger partial charge in [-0.15, -0.1) is 0 Å². The van der Waals surface area contributed by atoms with Gasteiger partial charge in [-0.05, 0) is 41.2 Å². The van der Waals surface area contributed by atoms with Crippen molar-refractivity contribution in [1.82, 2.24) is 5.32 Å². The van der Waals surface area contributed by atoms with Crippen LogP contribution in [0.15, 0.2) is 53.0 Å². The first kappa shape index (κ1) is 15.0. The molecule has 0 saturated carbocycles. The monoisotopic (exact) mass is 337 g/mol. The second-order valence-electron chi connectivity index (χ2n) is 4.43. The second-order valence-corrected chi connectivity index (χ2v) is 5.29. The Hall–Kier alpha value is -1.39. The summed E-state index contributed by atoms with van der Waals surface area (Å²) < 4.78 is 20.2. The standard InChI is InChI=1S/C16H17BrFNO/c1-19-15(13-8-5-9-14(17)16(13)18)10-11-20-12-6-3-2-4-7-12/h2-9,15,19H,10-11H2,1H3. The maximum atomic E-state index is 14.1. The summed E-state index contributed by atoms with van der Waals surface area (Å²) in [7, 11) is 1.83. The van der Waals surface area contributed by atoms with Gasteiger partial charge >= 0.3 is 0 Å². The Morgan fingerprint density at radius 3 is 2.60 bits per heavy atom. The molecule has 0 aromatic heterocycles. The number of ether oxygens (including phenoxy) is 1. The smallest absolute Gasteiger partial charge is 0.142 e. The van der Waals surface area contributed by atoms with Gasteiger partial charge in [-0.3, -0.25) is 0 Å². The molecular formula is C16H17BrFNO. The molecule has 0 aliphatic heterocycles. The maximum absolute atomic E-state index is 14.1. The first-order valence-corrected chi connectivity index (χ1v) is 7.30.